The third kappa shape index (κ3) is 3.37. The predicted molar refractivity (Wildman–Crippen MR) is 82.6 cm³/mol. The summed E-state index contributed by atoms with van der Waals surface area (Å²) in [4.78, 5) is 0. The first-order valence-electron chi connectivity index (χ1n) is 6.37. The van der Waals surface area contributed by atoms with Crippen molar-refractivity contribution in [2.24, 2.45) is 5.73 Å². The summed E-state index contributed by atoms with van der Waals surface area (Å²) in [5, 5.41) is 0. The average Bonchev–Trinajstić information content (AvgIpc) is 2.41. The maximum Gasteiger partial charge on any atom is 0.131 e. The van der Waals surface area contributed by atoms with Crippen LogP contribution in [0.5, 0.6) is 11.5 Å². The van der Waals surface area contributed by atoms with Crippen LogP contribution in [0.15, 0.2) is 46.9 Å². The van der Waals surface area contributed by atoms with E-state index in [9.17, 15) is 0 Å². The van der Waals surface area contributed by atoms with Crippen LogP contribution in [0.2, 0.25) is 0 Å². The molecule has 0 heterocycles. The zero-order valence-electron chi connectivity index (χ0n) is 11.2. The molecule has 0 saturated heterocycles. The third-order valence-corrected chi connectivity index (χ3v) is 3.50. The topological polar surface area (TPSA) is 35.2 Å². The summed E-state index contributed by atoms with van der Waals surface area (Å²) in [7, 11) is 0. The van der Waals surface area contributed by atoms with Crippen molar-refractivity contribution in [3.05, 3.63) is 58.1 Å². The highest BCUT2D eigenvalue weighted by Gasteiger charge is 2.11. The summed E-state index contributed by atoms with van der Waals surface area (Å²) >= 11 is 3.50. The van der Waals surface area contributed by atoms with Gasteiger partial charge < -0.3 is 10.5 Å². The number of hydrogen-bond donors (Lipinski definition) is 1. The fraction of sp³-hybridized carbons (Fsp3) is 0.250. The second-order valence-electron chi connectivity index (χ2n) is 4.75. The molecule has 0 spiro atoms. The van der Waals surface area contributed by atoms with E-state index in [1.807, 2.05) is 36.4 Å². The lowest BCUT2D eigenvalue weighted by Gasteiger charge is -2.16. The smallest absolute Gasteiger partial charge is 0.131 e. The molecule has 0 aliphatic heterocycles. The Morgan fingerprint density at radius 1 is 1.11 bits per heavy atom. The van der Waals surface area contributed by atoms with E-state index in [0.29, 0.717) is 12.5 Å². The fourth-order valence-corrected chi connectivity index (χ4v) is 2.33. The van der Waals surface area contributed by atoms with E-state index in [1.165, 1.54) is 5.56 Å². The van der Waals surface area contributed by atoms with Crippen molar-refractivity contribution in [2.75, 3.05) is 0 Å². The standard InChI is InChI=1S/C16H18BrNO/c1-11(2)14-9-13(17)7-8-16(14)19-15-6-4-3-5-12(15)10-18/h3-9,11H,10,18H2,1-2H3. The maximum absolute atomic E-state index is 6.05. The van der Waals surface area contributed by atoms with Crippen LogP contribution >= 0.6 is 15.9 Å². The van der Waals surface area contributed by atoms with Crippen LogP contribution in [0.3, 0.4) is 0 Å². The van der Waals surface area contributed by atoms with Gasteiger partial charge in [-0.2, -0.15) is 0 Å². The number of nitrogens with two attached hydrogens (primary N) is 1. The Labute approximate surface area is 122 Å². The maximum atomic E-state index is 6.05. The van der Waals surface area contributed by atoms with Crippen molar-refractivity contribution in [3.8, 4) is 11.5 Å². The molecule has 2 aromatic carbocycles. The van der Waals surface area contributed by atoms with Crippen LogP contribution in [-0.2, 0) is 6.54 Å². The van der Waals surface area contributed by atoms with Gasteiger partial charge in [-0.3, -0.25) is 0 Å². The van der Waals surface area contributed by atoms with Crippen molar-refractivity contribution in [2.45, 2.75) is 26.3 Å². The molecule has 0 aromatic heterocycles. The Kier molecular flexibility index (Phi) is 4.61. The van der Waals surface area contributed by atoms with E-state index < -0.39 is 0 Å². The van der Waals surface area contributed by atoms with E-state index >= 15 is 0 Å². The Balaban J connectivity index is 2.38. The van der Waals surface area contributed by atoms with Gasteiger partial charge in [-0.05, 0) is 35.7 Å². The average molecular weight is 320 g/mol. The van der Waals surface area contributed by atoms with Crippen LogP contribution in [-0.4, -0.2) is 0 Å². The van der Waals surface area contributed by atoms with E-state index in [0.717, 1.165) is 21.5 Å². The SMILES string of the molecule is CC(C)c1cc(Br)ccc1Oc1ccccc1CN. The third-order valence-electron chi connectivity index (χ3n) is 3.01. The molecule has 2 rings (SSSR count). The van der Waals surface area contributed by atoms with Crippen LogP contribution in [0, 0.1) is 0 Å². The molecule has 3 heteroatoms. The molecule has 0 unspecified atom stereocenters. The monoisotopic (exact) mass is 319 g/mol. The van der Waals surface area contributed by atoms with Gasteiger partial charge in [-0.15, -0.1) is 0 Å². The molecule has 2 N–H and O–H groups in total. The molecular weight excluding hydrogens is 302 g/mol. The fourth-order valence-electron chi connectivity index (χ4n) is 1.95. The van der Waals surface area contributed by atoms with Crippen LogP contribution < -0.4 is 10.5 Å². The normalized spacial score (nSPS) is 10.8. The highest BCUT2D eigenvalue weighted by Crippen LogP contribution is 2.33. The highest BCUT2D eigenvalue weighted by molar-refractivity contribution is 9.10. The van der Waals surface area contributed by atoms with E-state index in [1.54, 1.807) is 0 Å². The minimum atomic E-state index is 0.400. The molecule has 0 radical (unpaired) electrons. The van der Waals surface area contributed by atoms with Crippen molar-refractivity contribution in [1.82, 2.24) is 0 Å². The van der Waals surface area contributed by atoms with Crippen LogP contribution in [0.1, 0.15) is 30.9 Å². The quantitative estimate of drug-likeness (QED) is 0.876. The van der Waals surface area contributed by atoms with Gasteiger partial charge in [0, 0.05) is 16.6 Å². The molecule has 2 aromatic rings. The number of rotatable bonds is 4. The molecule has 0 saturated carbocycles. The van der Waals surface area contributed by atoms with Gasteiger partial charge in [0.05, 0.1) is 0 Å². The van der Waals surface area contributed by atoms with E-state index in [-0.39, 0.29) is 0 Å². The van der Waals surface area contributed by atoms with Gasteiger partial charge >= 0.3 is 0 Å². The number of benzene rings is 2. The number of hydrogen-bond acceptors (Lipinski definition) is 2. The Hall–Kier alpha value is -1.32. The lowest BCUT2D eigenvalue weighted by atomic mass is 10.0. The summed E-state index contributed by atoms with van der Waals surface area (Å²) in [6.45, 7) is 4.79. The van der Waals surface area contributed by atoms with Gasteiger partial charge in [-0.25, -0.2) is 0 Å². The molecule has 0 amide bonds. The van der Waals surface area contributed by atoms with E-state index in [4.69, 9.17) is 10.5 Å². The summed E-state index contributed by atoms with van der Waals surface area (Å²) in [6, 6.07) is 14.0. The molecule has 0 atom stereocenters. The zero-order chi connectivity index (χ0) is 13.8. The molecule has 0 aliphatic carbocycles. The number of halogens is 1. The van der Waals surface area contributed by atoms with Gasteiger partial charge in [0.1, 0.15) is 11.5 Å². The summed E-state index contributed by atoms with van der Waals surface area (Å²) in [5.74, 6) is 2.12. The van der Waals surface area contributed by atoms with Crippen LogP contribution in [0.25, 0.3) is 0 Å². The minimum absolute atomic E-state index is 0.400. The first kappa shape index (κ1) is 14.1. The zero-order valence-corrected chi connectivity index (χ0v) is 12.8. The summed E-state index contributed by atoms with van der Waals surface area (Å²) < 4.78 is 7.11. The number of ether oxygens (including phenoxy) is 1. The van der Waals surface area contributed by atoms with Crippen molar-refractivity contribution in [3.63, 3.8) is 0 Å². The van der Waals surface area contributed by atoms with Crippen LogP contribution in [0.4, 0.5) is 0 Å². The van der Waals surface area contributed by atoms with Gasteiger partial charge in [-0.1, -0.05) is 48.0 Å². The molecule has 0 bridgehead atoms. The first-order chi connectivity index (χ1) is 9.11. The molecule has 100 valence electrons. The van der Waals surface area contributed by atoms with E-state index in [2.05, 4.69) is 35.8 Å². The van der Waals surface area contributed by atoms with Crippen molar-refractivity contribution < 1.29 is 4.74 Å². The largest absolute Gasteiger partial charge is 0.457 e. The van der Waals surface area contributed by atoms with Gasteiger partial charge in [0.25, 0.3) is 0 Å². The summed E-state index contributed by atoms with van der Waals surface area (Å²) in [6.07, 6.45) is 0. The Bertz CT molecular complexity index is 566. The second kappa shape index (κ2) is 6.22. The highest BCUT2D eigenvalue weighted by atomic mass is 79.9. The van der Waals surface area contributed by atoms with Crippen molar-refractivity contribution in [1.29, 1.82) is 0 Å². The molecule has 19 heavy (non-hydrogen) atoms. The number of para-hydroxylation sites is 1. The van der Waals surface area contributed by atoms with Crippen molar-refractivity contribution >= 4 is 15.9 Å². The molecule has 2 nitrogen and oxygen atoms in total. The first-order valence-corrected chi connectivity index (χ1v) is 7.16. The molecule has 0 aliphatic rings. The Morgan fingerprint density at radius 3 is 2.53 bits per heavy atom. The summed E-state index contributed by atoms with van der Waals surface area (Å²) in [5.41, 5.74) is 7.93. The molecular formula is C16H18BrNO. The Morgan fingerprint density at radius 2 is 1.84 bits per heavy atom. The second-order valence-corrected chi connectivity index (χ2v) is 5.67. The predicted octanol–water partition coefficient (Wildman–Crippen LogP) is 4.82. The lowest BCUT2D eigenvalue weighted by Crippen LogP contribution is -2.00. The minimum Gasteiger partial charge on any atom is -0.457 e. The lowest BCUT2D eigenvalue weighted by molar-refractivity contribution is 0.467. The molecule has 0 fully saturated rings. The van der Waals surface area contributed by atoms with Gasteiger partial charge in [0.2, 0.25) is 0 Å². The van der Waals surface area contributed by atoms with Gasteiger partial charge in [0.15, 0.2) is 0 Å².